The highest BCUT2D eigenvalue weighted by Crippen LogP contribution is 1.99. The molecule has 0 bridgehead atoms. The maximum atomic E-state index is 11.0. The van der Waals surface area contributed by atoms with Gasteiger partial charge in [0.2, 0.25) is 5.91 Å². The van der Waals surface area contributed by atoms with Crippen molar-refractivity contribution >= 4 is 23.6 Å². The van der Waals surface area contributed by atoms with E-state index in [1.165, 1.54) is 17.8 Å². The fraction of sp³-hybridized carbons (Fsp3) is 0.556. The first-order chi connectivity index (χ1) is 6.56. The number of thioether (sulfide) groups is 1. The molecule has 0 heterocycles. The molecule has 0 saturated carbocycles. The molecule has 0 aliphatic rings. The molecule has 0 aliphatic carbocycles. The highest BCUT2D eigenvalue weighted by Gasteiger charge is 2.07. The van der Waals surface area contributed by atoms with Gasteiger partial charge in [0, 0.05) is 19.0 Å². The third kappa shape index (κ3) is 7.67. The van der Waals surface area contributed by atoms with Crippen LogP contribution in [0.5, 0.6) is 0 Å². The molecule has 0 aromatic heterocycles. The molecule has 1 atom stereocenters. The van der Waals surface area contributed by atoms with Crippen LogP contribution in [0.3, 0.4) is 0 Å². The number of amides is 1. The van der Waals surface area contributed by atoms with Crippen LogP contribution in [0.1, 0.15) is 13.3 Å². The molecule has 2 N–H and O–H groups in total. The monoisotopic (exact) mass is 217 g/mol. The molecule has 0 aromatic carbocycles. The molecule has 5 heteroatoms. The first-order valence-corrected chi connectivity index (χ1v) is 5.54. The zero-order valence-electron chi connectivity index (χ0n) is 8.32. The standard InChI is InChI=1S/C9H15NO3S/c1-7(5-9(12)13)6-10-8(11)3-4-14-2/h3-4,7H,5-6H2,1-2H3,(H,10,11)(H,12,13)/b4-3+. The van der Waals surface area contributed by atoms with Crippen molar-refractivity contribution in [1.29, 1.82) is 0 Å². The van der Waals surface area contributed by atoms with Crippen LogP contribution in [-0.2, 0) is 9.59 Å². The van der Waals surface area contributed by atoms with Gasteiger partial charge in [-0.15, -0.1) is 11.8 Å². The van der Waals surface area contributed by atoms with Crippen LogP contribution in [0.15, 0.2) is 11.5 Å². The molecule has 4 nitrogen and oxygen atoms in total. The first kappa shape index (κ1) is 13.0. The molecule has 0 spiro atoms. The number of carbonyl (C=O) groups excluding carboxylic acids is 1. The van der Waals surface area contributed by atoms with E-state index in [4.69, 9.17) is 5.11 Å². The SMILES string of the molecule is CS/C=C/C(=O)NCC(C)CC(=O)O. The second-order valence-corrected chi connectivity index (χ2v) is 3.73. The predicted octanol–water partition coefficient (Wildman–Crippen LogP) is 1.09. The number of carboxylic acids is 1. The molecule has 80 valence electrons. The van der Waals surface area contributed by atoms with E-state index in [0.717, 1.165) is 0 Å². The summed E-state index contributed by atoms with van der Waals surface area (Å²) in [7, 11) is 0. The number of nitrogens with one attached hydrogen (secondary N) is 1. The maximum Gasteiger partial charge on any atom is 0.303 e. The predicted molar refractivity (Wildman–Crippen MR) is 57.1 cm³/mol. The van der Waals surface area contributed by atoms with Gasteiger partial charge < -0.3 is 10.4 Å². The lowest BCUT2D eigenvalue weighted by Crippen LogP contribution is -2.27. The number of hydrogen-bond donors (Lipinski definition) is 2. The zero-order valence-corrected chi connectivity index (χ0v) is 9.13. The first-order valence-electron chi connectivity index (χ1n) is 4.25. The molecule has 1 amide bonds. The van der Waals surface area contributed by atoms with Gasteiger partial charge in [-0.2, -0.15) is 0 Å². The van der Waals surface area contributed by atoms with Crippen LogP contribution in [0, 0.1) is 5.92 Å². The van der Waals surface area contributed by atoms with E-state index in [-0.39, 0.29) is 18.2 Å². The quantitative estimate of drug-likeness (QED) is 0.654. The topological polar surface area (TPSA) is 66.4 Å². The lowest BCUT2D eigenvalue weighted by molar-refractivity contribution is -0.138. The van der Waals surface area contributed by atoms with E-state index >= 15 is 0 Å². The minimum Gasteiger partial charge on any atom is -0.481 e. The summed E-state index contributed by atoms with van der Waals surface area (Å²) in [6.07, 6.45) is 3.36. The van der Waals surface area contributed by atoms with Gasteiger partial charge in [0.1, 0.15) is 0 Å². The van der Waals surface area contributed by atoms with E-state index in [1.54, 1.807) is 12.3 Å². The maximum absolute atomic E-state index is 11.0. The van der Waals surface area contributed by atoms with Gasteiger partial charge in [0.05, 0.1) is 0 Å². The van der Waals surface area contributed by atoms with E-state index in [1.807, 2.05) is 6.26 Å². The average molecular weight is 217 g/mol. The number of hydrogen-bond acceptors (Lipinski definition) is 3. The Kier molecular flexibility index (Phi) is 6.92. The lowest BCUT2D eigenvalue weighted by Gasteiger charge is -2.08. The smallest absolute Gasteiger partial charge is 0.303 e. The fourth-order valence-corrected chi connectivity index (χ4v) is 1.09. The van der Waals surface area contributed by atoms with Crippen LogP contribution in [0.4, 0.5) is 0 Å². The molecule has 0 rings (SSSR count). The molecule has 14 heavy (non-hydrogen) atoms. The molecular formula is C9H15NO3S. The summed E-state index contributed by atoms with van der Waals surface area (Å²) in [5.74, 6) is -1.07. The van der Waals surface area contributed by atoms with Crippen molar-refractivity contribution in [3.63, 3.8) is 0 Å². The average Bonchev–Trinajstić information content (AvgIpc) is 2.10. The lowest BCUT2D eigenvalue weighted by atomic mass is 10.1. The summed E-state index contributed by atoms with van der Waals surface area (Å²) in [5, 5.41) is 12.8. The van der Waals surface area contributed by atoms with Crippen molar-refractivity contribution in [2.24, 2.45) is 5.92 Å². The highest BCUT2D eigenvalue weighted by molar-refractivity contribution is 8.01. The summed E-state index contributed by atoms with van der Waals surface area (Å²) in [6, 6.07) is 0. The zero-order chi connectivity index (χ0) is 11.0. The molecule has 0 aromatic rings. The van der Waals surface area contributed by atoms with E-state index in [2.05, 4.69) is 5.32 Å². The van der Waals surface area contributed by atoms with Crippen molar-refractivity contribution in [2.75, 3.05) is 12.8 Å². The van der Waals surface area contributed by atoms with Crippen LogP contribution < -0.4 is 5.32 Å². The van der Waals surface area contributed by atoms with Gasteiger partial charge in [-0.3, -0.25) is 9.59 Å². The minimum atomic E-state index is -0.841. The summed E-state index contributed by atoms with van der Waals surface area (Å²) >= 11 is 1.44. The fourth-order valence-electron chi connectivity index (χ4n) is 0.834. The normalized spacial score (nSPS) is 12.7. The Hall–Kier alpha value is -0.970. The van der Waals surface area contributed by atoms with Crippen molar-refractivity contribution in [3.8, 4) is 0 Å². The molecule has 1 unspecified atom stereocenters. The molecule has 0 aliphatic heterocycles. The largest absolute Gasteiger partial charge is 0.481 e. The van der Waals surface area contributed by atoms with Gasteiger partial charge >= 0.3 is 5.97 Å². The summed E-state index contributed by atoms with van der Waals surface area (Å²) in [6.45, 7) is 2.18. The van der Waals surface area contributed by atoms with E-state index in [9.17, 15) is 9.59 Å². The Balaban J connectivity index is 3.66. The second kappa shape index (κ2) is 7.44. The van der Waals surface area contributed by atoms with Gasteiger partial charge in [-0.1, -0.05) is 6.92 Å². The summed E-state index contributed by atoms with van der Waals surface area (Å²) in [4.78, 5) is 21.3. The van der Waals surface area contributed by atoms with Crippen LogP contribution in [0.2, 0.25) is 0 Å². The number of rotatable bonds is 6. The van der Waals surface area contributed by atoms with Gasteiger partial charge in [-0.05, 0) is 17.6 Å². The molecule has 0 radical (unpaired) electrons. The molecule has 0 saturated heterocycles. The van der Waals surface area contributed by atoms with Crippen LogP contribution in [0.25, 0.3) is 0 Å². The van der Waals surface area contributed by atoms with Gasteiger partial charge in [0.15, 0.2) is 0 Å². The minimum absolute atomic E-state index is 0.0425. The Morgan fingerprint density at radius 3 is 2.71 bits per heavy atom. The van der Waals surface area contributed by atoms with Crippen molar-refractivity contribution in [1.82, 2.24) is 5.32 Å². The van der Waals surface area contributed by atoms with Crippen LogP contribution in [-0.4, -0.2) is 29.8 Å². The van der Waals surface area contributed by atoms with Gasteiger partial charge in [-0.25, -0.2) is 0 Å². The third-order valence-corrected chi connectivity index (χ3v) is 1.91. The highest BCUT2D eigenvalue weighted by atomic mass is 32.2. The van der Waals surface area contributed by atoms with Crippen LogP contribution >= 0.6 is 11.8 Å². The molecule has 0 fully saturated rings. The van der Waals surface area contributed by atoms with Crippen molar-refractivity contribution < 1.29 is 14.7 Å². The Morgan fingerprint density at radius 1 is 1.57 bits per heavy atom. The Morgan fingerprint density at radius 2 is 2.21 bits per heavy atom. The van der Waals surface area contributed by atoms with E-state index in [0.29, 0.717) is 6.54 Å². The number of carboxylic acid groups (broad SMARTS) is 1. The van der Waals surface area contributed by atoms with Gasteiger partial charge in [0.25, 0.3) is 0 Å². The second-order valence-electron chi connectivity index (χ2n) is 2.99. The number of aliphatic carboxylic acids is 1. The number of carbonyl (C=O) groups is 2. The van der Waals surface area contributed by atoms with E-state index < -0.39 is 5.97 Å². The summed E-state index contributed by atoms with van der Waals surface area (Å²) < 4.78 is 0. The molecular weight excluding hydrogens is 202 g/mol. The third-order valence-electron chi connectivity index (χ3n) is 1.50. The summed E-state index contributed by atoms with van der Waals surface area (Å²) in [5.41, 5.74) is 0. The Labute approximate surface area is 87.8 Å². The Bertz CT molecular complexity index is 228. The van der Waals surface area contributed by atoms with Crippen molar-refractivity contribution in [2.45, 2.75) is 13.3 Å². The van der Waals surface area contributed by atoms with Crippen molar-refractivity contribution in [3.05, 3.63) is 11.5 Å².